The number of nitrogens with zero attached hydrogens (tertiary/aromatic N) is 2. The average Bonchev–Trinajstić information content (AvgIpc) is 2.73. The average molecular weight is 220 g/mol. The molecule has 1 aliphatic rings. The first-order valence-corrected chi connectivity index (χ1v) is 5.59. The maximum Gasteiger partial charge on any atom is 0.340 e. The van der Waals surface area contributed by atoms with Crippen molar-refractivity contribution in [2.45, 2.75) is 32.2 Å². The van der Waals surface area contributed by atoms with Gasteiger partial charge in [0.25, 0.3) is 0 Å². The van der Waals surface area contributed by atoms with Crippen LogP contribution in [0.4, 0.5) is 0 Å². The van der Waals surface area contributed by atoms with E-state index < -0.39 is 0 Å². The molecule has 2 N–H and O–H groups in total. The van der Waals surface area contributed by atoms with Gasteiger partial charge in [0, 0.05) is 0 Å². The molecule has 2 rings (SSSR count). The van der Waals surface area contributed by atoms with Crippen molar-refractivity contribution in [1.29, 1.82) is 0 Å². The van der Waals surface area contributed by atoms with Gasteiger partial charge in [0.05, 0.1) is 12.6 Å². The van der Waals surface area contributed by atoms with Crippen molar-refractivity contribution in [2.75, 3.05) is 13.1 Å². The second-order valence-electron chi connectivity index (χ2n) is 3.97. The topological polar surface area (TPSA) is 64.8 Å². The summed E-state index contributed by atoms with van der Waals surface area (Å²) in [7, 11) is 0. The molecule has 5 heteroatoms. The Morgan fingerprint density at radius 3 is 3.12 bits per heavy atom. The normalized spacial score (nSPS) is 21.4. The predicted octanol–water partition coefficient (Wildman–Crippen LogP) is 0.648. The van der Waals surface area contributed by atoms with Crippen LogP contribution in [0.3, 0.4) is 0 Å². The van der Waals surface area contributed by atoms with Gasteiger partial charge in [-0.15, -0.1) is 5.92 Å². The molecule has 1 aromatic rings. The molecule has 0 aromatic carbocycles. The quantitative estimate of drug-likeness (QED) is 0.719. The number of aromatic nitrogens is 3. The third kappa shape index (κ3) is 2.34. The molecule has 2 heterocycles. The minimum absolute atomic E-state index is 0.202. The lowest BCUT2D eigenvalue weighted by Crippen LogP contribution is -2.34. The monoisotopic (exact) mass is 220 g/mol. The summed E-state index contributed by atoms with van der Waals surface area (Å²) in [5, 5.41) is 6.43. The van der Waals surface area contributed by atoms with Gasteiger partial charge in [-0.25, -0.2) is 9.89 Å². The Labute approximate surface area is 94.2 Å². The highest BCUT2D eigenvalue weighted by atomic mass is 16.1. The molecule has 5 nitrogen and oxygen atoms in total. The zero-order valence-electron chi connectivity index (χ0n) is 9.42. The van der Waals surface area contributed by atoms with E-state index in [4.69, 9.17) is 0 Å². The largest absolute Gasteiger partial charge is 0.340 e. The fraction of sp³-hybridized carbons (Fsp3) is 0.636. The summed E-state index contributed by atoms with van der Waals surface area (Å²) < 4.78 is 0. The Hall–Kier alpha value is -1.54. The van der Waals surface area contributed by atoms with Crippen LogP contribution in [0.2, 0.25) is 0 Å². The molecule has 0 saturated carbocycles. The molecule has 1 saturated heterocycles. The predicted molar refractivity (Wildman–Crippen MR) is 60.8 cm³/mol. The van der Waals surface area contributed by atoms with Crippen LogP contribution in [0.15, 0.2) is 4.79 Å². The van der Waals surface area contributed by atoms with Crippen molar-refractivity contribution in [2.24, 2.45) is 0 Å². The molecule has 0 aliphatic carbocycles. The number of piperidine rings is 1. The molecule has 16 heavy (non-hydrogen) atoms. The lowest BCUT2D eigenvalue weighted by molar-refractivity contribution is 0.162. The number of H-pyrrole nitrogens is 2. The molecule has 1 aliphatic heterocycles. The Morgan fingerprint density at radius 2 is 2.44 bits per heavy atom. The van der Waals surface area contributed by atoms with E-state index in [1.807, 2.05) is 6.92 Å². The summed E-state index contributed by atoms with van der Waals surface area (Å²) >= 11 is 0. The van der Waals surface area contributed by atoms with E-state index in [0.717, 1.165) is 25.3 Å². The Morgan fingerprint density at radius 1 is 1.56 bits per heavy atom. The van der Waals surface area contributed by atoms with Crippen LogP contribution in [-0.4, -0.2) is 33.2 Å². The summed E-state index contributed by atoms with van der Waals surface area (Å²) in [6, 6.07) is 0.202. The number of nitrogens with one attached hydrogen (secondary N) is 2. The van der Waals surface area contributed by atoms with Gasteiger partial charge in [0.15, 0.2) is 0 Å². The van der Waals surface area contributed by atoms with Gasteiger partial charge in [-0.3, -0.25) is 9.88 Å². The third-order valence-corrected chi connectivity index (χ3v) is 2.91. The van der Waals surface area contributed by atoms with E-state index >= 15 is 0 Å². The van der Waals surface area contributed by atoms with Crippen LogP contribution in [0.25, 0.3) is 0 Å². The Bertz CT molecular complexity index is 450. The van der Waals surface area contributed by atoms with E-state index in [9.17, 15) is 4.79 Å². The van der Waals surface area contributed by atoms with E-state index in [-0.39, 0.29) is 11.7 Å². The van der Waals surface area contributed by atoms with E-state index in [2.05, 4.69) is 31.9 Å². The molecule has 1 unspecified atom stereocenters. The van der Waals surface area contributed by atoms with Gasteiger partial charge >= 0.3 is 5.69 Å². The fourth-order valence-electron chi connectivity index (χ4n) is 2.11. The summed E-state index contributed by atoms with van der Waals surface area (Å²) in [6.45, 7) is 3.61. The maximum atomic E-state index is 11.0. The standard InChI is InChI=1S/C11H16N4O/c1-2-3-7-15-8-5-4-6-9(15)10-12-11(16)14-13-10/h9H,4-8H2,1H3,(H2,12,13,14,16). The van der Waals surface area contributed by atoms with Gasteiger partial charge in [0.2, 0.25) is 0 Å². The smallest absolute Gasteiger partial charge is 0.292 e. The minimum Gasteiger partial charge on any atom is -0.292 e. The molecule has 0 bridgehead atoms. The van der Waals surface area contributed by atoms with Crippen LogP contribution in [-0.2, 0) is 0 Å². The molecule has 0 radical (unpaired) electrons. The van der Waals surface area contributed by atoms with Gasteiger partial charge < -0.3 is 0 Å². The molecule has 86 valence electrons. The van der Waals surface area contributed by atoms with Gasteiger partial charge in [-0.1, -0.05) is 12.3 Å². The maximum absolute atomic E-state index is 11.0. The number of aromatic amines is 2. The molecular formula is C11H16N4O. The molecule has 0 amide bonds. The zero-order valence-corrected chi connectivity index (χ0v) is 9.42. The van der Waals surface area contributed by atoms with Gasteiger partial charge in [-0.2, -0.15) is 5.10 Å². The number of hydrogen-bond acceptors (Lipinski definition) is 3. The van der Waals surface area contributed by atoms with Crippen molar-refractivity contribution in [3.63, 3.8) is 0 Å². The van der Waals surface area contributed by atoms with Crippen LogP contribution in [0.1, 0.15) is 38.1 Å². The van der Waals surface area contributed by atoms with Crippen LogP contribution < -0.4 is 5.69 Å². The highest BCUT2D eigenvalue weighted by Crippen LogP contribution is 2.27. The van der Waals surface area contributed by atoms with Crippen LogP contribution in [0.5, 0.6) is 0 Å². The second-order valence-corrected chi connectivity index (χ2v) is 3.97. The highest BCUT2D eigenvalue weighted by Gasteiger charge is 2.25. The molecular weight excluding hydrogens is 204 g/mol. The first-order valence-electron chi connectivity index (χ1n) is 5.59. The molecule has 1 aromatic heterocycles. The van der Waals surface area contributed by atoms with E-state index in [0.29, 0.717) is 0 Å². The van der Waals surface area contributed by atoms with E-state index in [1.165, 1.54) is 12.8 Å². The van der Waals surface area contributed by atoms with Gasteiger partial charge in [-0.05, 0) is 26.3 Å². The number of hydrogen-bond donors (Lipinski definition) is 2. The zero-order chi connectivity index (χ0) is 11.4. The van der Waals surface area contributed by atoms with Crippen LogP contribution >= 0.6 is 0 Å². The Balaban J connectivity index is 2.14. The molecule has 1 atom stereocenters. The van der Waals surface area contributed by atoms with E-state index in [1.54, 1.807) is 0 Å². The number of rotatable bonds is 2. The second kappa shape index (κ2) is 4.99. The minimum atomic E-state index is -0.234. The third-order valence-electron chi connectivity index (χ3n) is 2.91. The summed E-state index contributed by atoms with van der Waals surface area (Å²) in [5.41, 5.74) is -0.234. The summed E-state index contributed by atoms with van der Waals surface area (Å²) in [6.07, 6.45) is 3.40. The first kappa shape index (κ1) is 11.0. The highest BCUT2D eigenvalue weighted by molar-refractivity contribution is 5.02. The lowest BCUT2D eigenvalue weighted by Gasteiger charge is -2.32. The first-order chi connectivity index (χ1) is 7.81. The molecule has 0 spiro atoms. The van der Waals surface area contributed by atoms with Crippen molar-refractivity contribution >= 4 is 0 Å². The SMILES string of the molecule is CC#CCN1CCCCC1c1n[nH]c(=O)[nH]1. The summed E-state index contributed by atoms with van der Waals surface area (Å²) in [5.74, 6) is 6.71. The van der Waals surface area contributed by atoms with Crippen LogP contribution in [0, 0.1) is 11.8 Å². The lowest BCUT2D eigenvalue weighted by atomic mass is 10.0. The fourth-order valence-corrected chi connectivity index (χ4v) is 2.11. The van der Waals surface area contributed by atoms with Crippen molar-refractivity contribution in [3.8, 4) is 11.8 Å². The van der Waals surface area contributed by atoms with Crippen molar-refractivity contribution in [3.05, 3.63) is 16.3 Å². The number of likely N-dealkylation sites (tertiary alicyclic amines) is 1. The van der Waals surface area contributed by atoms with Gasteiger partial charge in [0.1, 0.15) is 5.82 Å². The van der Waals surface area contributed by atoms with Crippen molar-refractivity contribution < 1.29 is 0 Å². The Kier molecular flexibility index (Phi) is 3.42. The van der Waals surface area contributed by atoms with Crippen molar-refractivity contribution in [1.82, 2.24) is 20.1 Å². The molecule has 1 fully saturated rings. The summed E-state index contributed by atoms with van der Waals surface area (Å²) in [4.78, 5) is 16.0.